The fourth-order valence-electron chi connectivity index (χ4n) is 4.87. The van der Waals surface area contributed by atoms with E-state index in [0.717, 1.165) is 36.5 Å². The SMILES string of the molecule is CC1(C)C(C(=O)N2CCC(c3nc(C(=O)NCc4cccc(Cl)c4Cl)cs3)CC2)C1(C)C. The van der Waals surface area contributed by atoms with Gasteiger partial charge in [-0.3, -0.25) is 9.59 Å². The summed E-state index contributed by atoms with van der Waals surface area (Å²) in [6, 6.07) is 5.35. The Morgan fingerprint density at radius 2 is 1.81 bits per heavy atom. The maximum absolute atomic E-state index is 13.0. The molecular formula is C24H29Cl2N3O2S. The van der Waals surface area contributed by atoms with E-state index in [9.17, 15) is 9.59 Å². The molecule has 1 aromatic heterocycles. The number of thiazole rings is 1. The predicted octanol–water partition coefficient (Wildman–Crippen LogP) is 5.77. The molecule has 2 fully saturated rings. The van der Waals surface area contributed by atoms with Crippen molar-refractivity contribution in [2.75, 3.05) is 13.1 Å². The molecule has 1 N–H and O–H groups in total. The molecule has 2 heterocycles. The number of hydrogen-bond acceptors (Lipinski definition) is 4. The first-order valence-corrected chi connectivity index (χ1v) is 12.6. The van der Waals surface area contributed by atoms with Crippen molar-refractivity contribution in [2.45, 2.75) is 53.0 Å². The van der Waals surface area contributed by atoms with Gasteiger partial charge in [-0.1, -0.05) is 63.0 Å². The van der Waals surface area contributed by atoms with Crippen molar-refractivity contribution >= 4 is 46.4 Å². The lowest BCUT2D eigenvalue weighted by atomic mass is 9.96. The summed E-state index contributed by atoms with van der Waals surface area (Å²) in [5.74, 6) is 0.453. The minimum atomic E-state index is -0.227. The van der Waals surface area contributed by atoms with Gasteiger partial charge in [0.15, 0.2) is 0 Å². The maximum atomic E-state index is 13.0. The largest absolute Gasteiger partial charge is 0.347 e. The number of carbonyl (C=O) groups is 2. The average molecular weight is 494 g/mol. The van der Waals surface area contributed by atoms with Crippen LogP contribution in [0.4, 0.5) is 0 Å². The zero-order chi connectivity index (χ0) is 23.3. The van der Waals surface area contributed by atoms with Crippen LogP contribution < -0.4 is 5.32 Å². The van der Waals surface area contributed by atoms with Crippen LogP contribution in [0.5, 0.6) is 0 Å². The van der Waals surface area contributed by atoms with E-state index in [2.05, 4.69) is 38.0 Å². The standard InChI is InChI=1S/C24H29Cl2N3O2S/c1-23(2)19(24(23,3)4)22(31)29-10-8-14(9-11-29)21-28-17(13-32-21)20(30)27-12-15-6-5-7-16(25)18(15)26/h5-7,13-14,19H,8-12H2,1-4H3,(H,27,30). The summed E-state index contributed by atoms with van der Waals surface area (Å²) in [5.41, 5.74) is 1.31. The Hall–Kier alpha value is -1.63. The van der Waals surface area contributed by atoms with Crippen molar-refractivity contribution in [1.82, 2.24) is 15.2 Å². The highest BCUT2D eigenvalue weighted by Gasteiger charge is 2.68. The first-order chi connectivity index (χ1) is 15.0. The zero-order valence-corrected chi connectivity index (χ0v) is 21.2. The third-order valence-corrected chi connectivity index (χ3v) is 9.51. The Morgan fingerprint density at radius 1 is 1.16 bits per heavy atom. The van der Waals surface area contributed by atoms with Gasteiger partial charge in [-0.25, -0.2) is 4.98 Å². The Labute approximate surface area is 203 Å². The molecule has 1 aromatic carbocycles. The summed E-state index contributed by atoms with van der Waals surface area (Å²) in [5, 5.41) is 6.55. The Bertz CT molecular complexity index is 1030. The predicted molar refractivity (Wildman–Crippen MR) is 129 cm³/mol. The second-order valence-electron chi connectivity index (χ2n) is 9.94. The first-order valence-electron chi connectivity index (χ1n) is 11.0. The van der Waals surface area contributed by atoms with Gasteiger partial charge in [0.2, 0.25) is 5.91 Å². The monoisotopic (exact) mass is 493 g/mol. The summed E-state index contributed by atoms with van der Waals surface area (Å²) in [6.07, 6.45) is 1.76. The van der Waals surface area contributed by atoms with Gasteiger partial charge in [0.25, 0.3) is 5.91 Å². The Kier molecular flexibility index (Phi) is 6.34. The summed E-state index contributed by atoms with van der Waals surface area (Å²) in [6.45, 7) is 10.5. The van der Waals surface area contributed by atoms with E-state index in [1.807, 2.05) is 11.0 Å². The van der Waals surface area contributed by atoms with E-state index in [1.165, 1.54) is 11.3 Å². The third kappa shape index (κ3) is 4.17. The molecule has 0 atom stereocenters. The molecule has 1 aliphatic heterocycles. The fraction of sp³-hybridized carbons (Fsp3) is 0.542. The Balaban J connectivity index is 1.31. The molecule has 1 saturated carbocycles. The molecule has 8 heteroatoms. The zero-order valence-electron chi connectivity index (χ0n) is 18.9. The number of hydrogen-bond donors (Lipinski definition) is 1. The molecule has 0 radical (unpaired) electrons. The van der Waals surface area contributed by atoms with Crippen molar-refractivity contribution in [3.63, 3.8) is 0 Å². The first kappa shape index (κ1) is 23.5. The number of amides is 2. The van der Waals surface area contributed by atoms with Crippen LogP contribution >= 0.6 is 34.5 Å². The van der Waals surface area contributed by atoms with E-state index >= 15 is 0 Å². The lowest BCUT2D eigenvalue weighted by molar-refractivity contribution is -0.134. The van der Waals surface area contributed by atoms with E-state index in [1.54, 1.807) is 17.5 Å². The summed E-state index contributed by atoms with van der Waals surface area (Å²) in [7, 11) is 0. The second kappa shape index (κ2) is 8.62. The number of halogens is 2. The highest BCUT2D eigenvalue weighted by molar-refractivity contribution is 7.09. The number of nitrogens with zero attached hydrogens (tertiary/aromatic N) is 2. The van der Waals surface area contributed by atoms with E-state index in [0.29, 0.717) is 22.3 Å². The van der Waals surface area contributed by atoms with E-state index < -0.39 is 0 Å². The summed E-state index contributed by atoms with van der Waals surface area (Å²) < 4.78 is 0. The minimum absolute atomic E-state index is 0.0633. The molecule has 1 saturated heterocycles. The molecule has 172 valence electrons. The van der Waals surface area contributed by atoms with Crippen LogP contribution in [-0.4, -0.2) is 34.8 Å². The molecular weight excluding hydrogens is 465 g/mol. The topological polar surface area (TPSA) is 62.3 Å². The van der Waals surface area contributed by atoms with Crippen LogP contribution in [-0.2, 0) is 11.3 Å². The number of aromatic nitrogens is 1. The molecule has 2 aromatic rings. The van der Waals surface area contributed by atoms with Crippen LogP contribution in [0.3, 0.4) is 0 Å². The van der Waals surface area contributed by atoms with Crippen molar-refractivity contribution in [3.8, 4) is 0 Å². The van der Waals surface area contributed by atoms with Crippen LogP contribution in [0.1, 0.15) is 67.5 Å². The van der Waals surface area contributed by atoms with Gasteiger partial charge in [0, 0.05) is 36.9 Å². The molecule has 0 unspecified atom stereocenters. The van der Waals surface area contributed by atoms with Gasteiger partial charge in [-0.05, 0) is 35.3 Å². The lowest BCUT2D eigenvalue weighted by Gasteiger charge is -2.31. The molecule has 5 nitrogen and oxygen atoms in total. The molecule has 0 bridgehead atoms. The summed E-state index contributed by atoms with van der Waals surface area (Å²) in [4.78, 5) is 32.2. The number of piperidine rings is 1. The number of carbonyl (C=O) groups excluding carboxylic acids is 2. The normalized spacial score (nSPS) is 20.2. The molecule has 32 heavy (non-hydrogen) atoms. The quantitative estimate of drug-likeness (QED) is 0.574. The van der Waals surface area contributed by atoms with E-state index in [4.69, 9.17) is 23.2 Å². The van der Waals surface area contributed by atoms with Crippen LogP contribution in [0.15, 0.2) is 23.6 Å². The lowest BCUT2D eigenvalue weighted by Crippen LogP contribution is -2.40. The highest BCUT2D eigenvalue weighted by Crippen LogP contribution is 2.68. The van der Waals surface area contributed by atoms with Gasteiger partial charge in [0.05, 0.1) is 15.1 Å². The van der Waals surface area contributed by atoms with E-state index in [-0.39, 0.29) is 34.5 Å². The van der Waals surface area contributed by atoms with Gasteiger partial charge in [-0.15, -0.1) is 11.3 Å². The van der Waals surface area contributed by atoms with Crippen molar-refractivity contribution in [3.05, 3.63) is 49.9 Å². The van der Waals surface area contributed by atoms with Crippen LogP contribution in [0, 0.1) is 16.7 Å². The van der Waals surface area contributed by atoms with Crippen LogP contribution in [0.25, 0.3) is 0 Å². The number of nitrogens with one attached hydrogen (secondary N) is 1. The van der Waals surface area contributed by atoms with Crippen molar-refractivity contribution in [1.29, 1.82) is 0 Å². The van der Waals surface area contributed by atoms with Gasteiger partial charge in [-0.2, -0.15) is 0 Å². The second-order valence-corrected chi connectivity index (χ2v) is 11.6. The number of rotatable bonds is 5. The Morgan fingerprint density at radius 3 is 2.44 bits per heavy atom. The molecule has 2 aliphatic rings. The molecule has 1 aliphatic carbocycles. The third-order valence-electron chi connectivity index (χ3n) is 7.65. The van der Waals surface area contributed by atoms with Crippen molar-refractivity contribution in [2.24, 2.45) is 16.7 Å². The molecule has 0 spiro atoms. The highest BCUT2D eigenvalue weighted by atomic mass is 35.5. The smallest absolute Gasteiger partial charge is 0.271 e. The fourth-order valence-corrected chi connectivity index (χ4v) is 6.23. The summed E-state index contributed by atoms with van der Waals surface area (Å²) >= 11 is 13.7. The maximum Gasteiger partial charge on any atom is 0.271 e. The molecule has 2 amide bonds. The number of benzene rings is 1. The average Bonchev–Trinajstić information content (AvgIpc) is 3.08. The van der Waals surface area contributed by atoms with Gasteiger partial charge < -0.3 is 10.2 Å². The number of likely N-dealkylation sites (tertiary alicyclic amines) is 1. The van der Waals surface area contributed by atoms with Gasteiger partial charge in [0.1, 0.15) is 5.69 Å². The van der Waals surface area contributed by atoms with Crippen LogP contribution in [0.2, 0.25) is 10.0 Å². The van der Waals surface area contributed by atoms with Crippen molar-refractivity contribution < 1.29 is 9.59 Å². The minimum Gasteiger partial charge on any atom is -0.347 e. The van der Waals surface area contributed by atoms with Gasteiger partial charge >= 0.3 is 0 Å². The molecule has 4 rings (SSSR count).